The molecule has 1 aromatic heterocycles. The lowest BCUT2D eigenvalue weighted by atomic mass is 9.91. The normalized spacial score (nSPS) is 17.8. The first-order chi connectivity index (χ1) is 11.7. The molecule has 0 spiro atoms. The van der Waals surface area contributed by atoms with E-state index in [0.717, 1.165) is 18.4 Å². The van der Waals surface area contributed by atoms with E-state index in [9.17, 15) is 9.59 Å². The molecule has 0 bridgehead atoms. The summed E-state index contributed by atoms with van der Waals surface area (Å²) < 4.78 is 15.4. The number of ether oxygens (including phenoxy) is 3. The van der Waals surface area contributed by atoms with Crippen LogP contribution in [0.15, 0.2) is 12.3 Å². The van der Waals surface area contributed by atoms with Crippen molar-refractivity contribution in [2.45, 2.75) is 45.1 Å². The van der Waals surface area contributed by atoms with Gasteiger partial charge in [0.25, 0.3) is 0 Å². The molecule has 1 atom stereocenters. The highest BCUT2D eigenvalue weighted by atomic mass is 16.6. The van der Waals surface area contributed by atoms with Gasteiger partial charge in [0.2, 0.25) is 5.88 Å². The summed E-state index contributed by atoms with van der Waals surface area (Å²) in [4.78, 5) is 30.2. The molecule has 1 amide bonds. The lowest BCUT2D eigenvalue weighted by molar-refractivity contribution is 0.0197. The Morgan fingerprint density at radius 3 is 2.60 bits per heavy atom. The maximum atomic E-state index is 12.3. The zero-order valence-corrected chi connectivity index (χ0v) is 15.5. The number of hydrogen-bond acceptors (Lipinski definition) is 6. The van der Waals surface area contributed by atoms with Crippen molar-refractivity contribution >= 4 is 12.1 Å². The van der Waals surface area contributed by atoms with Crippen LogP contribution in [0.4, 0.5) is 4.79 Å². The van der Waals surface area contributed by atoms with Crippen LogP contribution >= 0.6 is 0 Å². The number of carbonyl (C=O) groups excluding carboxylic acids is 2. The van der Waals surface area contributed by atoms with Gasteiger partial charge in [-0.1, -0.05) is 0 Å². The van der Waals surface area contributed by atoms with Crippen LogP contribution in [0.3, 0.4) is 0 Å². The Morgan fingerprint density at radius 1 is 1.28 bits per heavy atom. The number of pyridine rings is 1. The quantitative estimate of drug-likeness (QED) is 0.780. The summed E-state index contributed by atoms with van der Waals surface area (Å²) in [5, 5.41) is 0. The van der Waals surface area contributed by atoms with Crippen molar-refractivity contribution in [3.63, 3.8) is 0 Å². The number of aromatic nitrogens is 1. The Labute approximate surface area is 148 Å². The molecule has 1 aliphatic rings. The number of rotatable bonds is 3. The molecule has 0 saturated carbocycles. The fourth-order valence-corrected chi connectivity index (χ4v) is 2.85. The lowest BCUT2D eigenvalue weighted by Gasteiger charge is -2.34. The van der Waals surface area contributed by atoms with Crippen LogP contribution in [0, 0.1) is 0 Å². The molecular weight excluding hydrogens is 324 g/mol. The highest BCUT2D eigenvalue weighted by Crippen LogP contribution is 2.30. The van der Waals surface area contributed by atoms with Gasteiger partial charge >= 0.3 is 12.1 Å². The highest BCUT2D eigenvalue weighted by molar-refractivity contribution is 5.92. The van der Waals surface area contributed by atoms with Gasteiger partial charge in [0.1, 0.15) is 11.2 Å². The number of amides is 1. The van der Waals surface area contributed by atoms with Crippen LogP contribution in [-0.4, -0.2) is 54.9 Å². The Kier molecular flexibility index (Phi) is 5.87. The smallest absolute Gasteiger partial charge is 0.410 e. The van der Waals surface area contributed by atoms with Gasteiger partial charge in [-0.05, 0) is 45.2 Å². The number of methoxy groups -OCH3 is 2. The van der Waals surface area contributed by atoms with Crippen LogP contribution in [0.5, 0.6) is 5.88 Å². The number of hydrogen-bond donors (Lipinski definition) is 0. The zero-order chi connectivity index (χ0) is 18.6. The van der Waals surface area contributed by atoms with Crippen molar-refractivity contribution < 1.29 is 23.8 Å². The first-order valence-electron chi connectivity index (χ1n) is 8.35. The van der Waals surface area contributed by atoms with Crippen LogP contribution in [0.1, 0.15) is 55.5 Å². The third kappa shape index (κ3) is 4.84. The predicted octanol–water partition coefficient (Wildman–Crippen LogP) is 2.99. The number of carbonyl (C=O) groups is 2. The van der Waals surface area contributed by atoms with E-state index in [4.69, 9.17) is 14.2 Å². The molecule has 2 heterocycles. The summed E-state index contributed by atoms with van der Waals surface area (Å²) in [5.74, 6) is -0.176. The highest BCUT2D eigenvalue weighted by Gasteiger charge is 2.29. The summed E-state index contributed by atoms with van der Waals surface area (Å²) in [6.45, 7) is 6.75. The van der Waals surface area contributed by atoms with Gasteiger partial charge < -0.3 is 19.1 Å². The third-order valence-electron chi connectivity index (χ3n) is 4.02. The molecule has 0 radical (unpaired) electrons. The third-order valence-corrected chi connectivity index (χ3v) is 4.02. The summed E-state index contributed by atoms with van der Waals surface area (Å²) in [6.07, 6.45) is 3.15. The van der Waals surface area contributed by atoms with E-state index >= 15 is 0 Å². The maximum Gasteiger partial charge on any atom is 0.410 e. The van der Waals surface area contributed by atoms with E-state index < -0.39 is 11.6 Å². The topological polar surface area (TPSA) is 78.0 Å². The molecule has 1 aromatic rings. The Morgan fingerprint density at radius 2 is 2.00 bits per heavy atom. The van der Waals surface area contributed by atoms with E-state index in [-0.39, 0.29) is 23.5 Å². The van der Waals surface area contributed by atoms with Crippen LogP contribution in [-0.2, 0) is 9.47 Å². The number of nitrogens with zero attached hydrogens (tertiary/aromatic N) is 2. The van der Waals surface area contributed by atoms with Crippen LogP contribution in [0.2, 0.25) is 0 Å². The molecule has 7 heteroatoms. The Hall–Kier alpha value is -2.31. The minimum absolute atomic E-state index is 0.0862. The number of esters is 1. The van der Waals surface area contributed by atoms with E-state index in [1.807, 2.05) is 20.8 Å². The van der Waals surface area contributed by atoms with Gasteiger partial charge in [0.15, 0.2) is 0 Å². The molecular formula is C18H26N2O5. The van der Waals surface area contributed by atoms with Gasteiger partial charge in [0.05, 0.1) is 14.2 Å². The first-order valence-corrected chi connectivity index (χ1v) is 8.35. The van der Waals surface area contributed by atoms with E-state index in [0.29, 0.717) is 13.1 Å². The molecule has 0 aliphatic carbocycles. The molecule has 1 unspecified atom stereocenters. The largest absolute Gasteiger partial charge is 0.480 e. The SMILES string of the molecule is COC(=O)c1cc(C2CCCN(C(=O)OC(C)(C)C)C2)cnc1OC. The average molecular weight is 350 g/mol. The Balaban J connectivity index is 2.18. The maximum absolute atomic E-state index is 12.3. The second-order valence-corrected chi connectivity index (χ2v) is 7.08. The molecule has 138 valence electrons. The van der Waals surface area contributed by atoms with Crippen molar-refractivity contribution in [3.8, 4) is 5.88 Å². The standard InChI is InChI=1S/C18H26N2O5/c1-18(2,3)25-17(22)20-8-6-7-12(11-20)13-9-14(16(21)24-5)15(23-4)19-10-13/h9-10,12H,6-8,11H2,1-5H3. The van der Waals surface area contributed by atoms with E-state index in [2.05, 4.69) is 4.98 Å². The van der Waals surface area contributed by atoms with E-state index in [1.165, 1.54) is 14.2 Å². The minimum atomic E-state index is -0.524. The van der Waals surface area contributed by atoms with Gasteiger partial charge in [-0.3, -0.25) is 0 Å². The number of piperidine rings is 1. The van der Waals surface area contributed by atoms with E-state index in [1.54, 1.807) is 17.2 Å². The first kappa shape index (κ1) is 19.0. The lowest BCUT2D eigenvalue weighted by Crippen LogP contribution is -2.42. The zero-order valence-electron chi connectivity index (χ0n) is 15.5. The van der Waals surface area contributed by atoms with Crippen molar-refractivity contribution in [1.29, 1.82) is 0 Å². The molecule has 1 aliphatic heterocycles. The fraction of sp³-hybridized carbons (Fsp3) is 0.611. The van der Waals surface area contributed by atoms with Crippen LogP contribution < -0.4 is 4.74 Å². The van der Waals surface area contributed by atoms with Gasteiger partial charge in [-0.2, -0.15) is 0 Å². The Bertz CT molecular complexity index is 639. The second kappa shape index (κ2) is 7.72. The van der Waals surface area contributed by atoms with Gasteiger partial charge in [0, 0.05) is 25.2 Å². The summed E-state index contributed by atoms with van der Waals surface area (Å²) in [5.41, 5.74) is 0.648. The summed E-state index contributed by atoms with van der Waals surface area (Å²) in [7, 11) is 2.78. The molecule has 0 N–H and O–H groups in total. The fourth-order valence-electron chi connectivity index (χ4n) is 2.85. The van der Waals surface area contributed by atoms with Gasteiger partial charge in [-0.25, -0.2) is 14.6 Å². The number of likely N-dealkylation sites (tertiary alicyclic amines) is 1. The summed E-state index contributed by atoms with van der Waals surface area (Å²) >= 11 is 0. The predicted molar refractivity (Wildman–Crippen MR) is 91.9 cm³/mol. The summed E-state index contributed by atoms with van der Waals surface area (Å²) in [6, 6.07) is 1.74. The van der Waals surface area contributed by atoms with Crippen molar-refractivity contribution in [2.24, 2.45) is 0 Å². The average Bonchev–Trinajstić information content (AvgIpc) is 2.59. The minimum Gasteiger partial charge on any atom is -0.480 e. The molecule has 1 saturated heterocycles. The molecule has 7 nitrogen and oxygen atoms in total. The van der Waals surface area contributed by atoms with Crippen molar-refractivity contribution in [2.75, 3.05) is 27.3 Å². The van der Waals surface area contributed by atoms with Crippen LogP contribution in [0.25, 0.3) is 0 Å². The molecule has 2 rings (SSSR count). The molecule has 0 aromatic carbocycles. The van der Waals surface area contributed by atoms with Crippen molar-refractivity contribution in [1.82, 2.24) is 9.88 Å². The molecule has 25 heavy (non-hydrogen) atoms. The molecule has 1 fully saturated rings. The van der Waals surface area contributed by atoms with Crippen molar-refractivity contribution in [3.05, 3.63) is 23.4 Å². The van der Waals surface area contributed by atoms with Gasteiger partial charge in [-0.15, -0.1) is 0 Å². The monoisotopic (exact) mass is 350 g/mol. The second-order valence-electron chi connectivity index (χ2n) is 7.08.